The Kier molecular flexibility index (Phi) is 4.87. The van der Waals surface area contributed by atoms with Gasteiger partial charge < -0.3 is 4.90 Å². The molecule has 1 saturated heterocycles. The number of nitrogens with one attached hydrogen (secondary N) is 1. The summed E-state index contributed by atoms with van der Waals surface area (Å²) >= 11 is 0. The quantitative estimate of drug-likeness (QED) is 0.648. The normalized spacial score (nSPS) is 14.6. The summed E-state index contributed by atoms with van der Waals surface area (Å²) in [6.45, 7) is 3.66. The molecule has 0 amide bonds. The summed E-state index contributed by atoms with van der Waals surface area (Å²) in [5.74, 6) is 0. The Labute approximate surface area is 126 Å². The van der Waals surface area contributed by atoms with Crippen molar-refractivity contribution in [2.75, 3.05) is 18.0 Å². The van der Waals surface area contributed by atoms with Crippen molar-refractivity contribution in [3.8, 4) is 0 Å². The highest BCUT2D eigenvalue weighted by Gasteiger charge is 2.14. The van der Waals surface area contributed by atoms with Crippen LogP contribution in [0.25, 0.3) is 0 Å². The van der Waals surface area contributed by atoms with Crippen molar-refractivity contribution in [1.82, 2.24) is 5.48 Å². The minimum Gasteiger partial charge on any atom is -0.371 e. The Morgan fingerprint density at radius 1 is 0.905 bits per heavy atom. The summed E-state index contributed by atoms with van der Waals surface area (Å²) in [5, 5.41) is 0. The minimum absolute atomic E-state index is 0.590. The third-order valence-electron chi connectivity index (χ3n) is 3.88. The lowest BCUT2D eigenvalue weighted by Crippen LogP contribution is -2.21. The molecule has 1 aliphatic heterocycles. The third kappa shape index (κ3) is 3.84. The van der Waals surface area contributed by atoms with E-state index in [-0.39, 0.29) is 0 Å². The van der Waals surface area contributed by atoms with E-state index in [1.165, 1.54) is 42.7 Å². The lowest BCUT2D eigenvalue weighted by molar-refractivity contribution is 0.0236. The molecule has 110 valence electrons. The van der Waals surface area contributed by atoms with Crippen LogP contribution in [-0.4, -0.2) is 13.1 Å². The Morgan fingerprint density at radius 3 is 2.43 bits per heavy atom. The van der Waals surface area contributed by atoms with Crippen LogP contribution in [-0.2, 0) is 18.0 Å². The highest BCUT2D eigenvalue weighted by atomic mass is 16.6. The Bertz CT molecular complexity index is 550. The lowest BCUT2D eigenvalue weighted by atomic mass is 10.1. The predicted molar refractivity (Wildman–Crippen MR) is 86.0 cm³/mol. The number of hydrogen-bond donors (Lipinski definition) is 1. The van der Waals surface area contributed by atoms with E-state index in [0.717, 1.165) is 6.54 Å². The number of hydrogen-bond acceptors (Lipinski definition) is 3. The average molecular weight is 282 g/mol. The van der Waals surface area contributed by atoms with Crippen LogP contribution in [0.15, 0.2) is 54.6 Å². The molecule has 1 fully saturated rings. The standard InChI is InChI=1S/C18H22N2O/c1-2-8-16(9-3-1)15-21-19-14-17-10-4-5-11-18(17)20-12-6-7-13-20/h1-5,8-11,19H,6-7,12-15H2. The summed E-state index contributed by atoms with van der Waals surface area (Å²) in [4.78, 5) is 8.04. The molecule has 0 atom stereocenters. The van der Waals surface area contributed by atoms with Crippen LogP contribution in [0.1, 0.15) is 24.0 Å². The van der Waals surface area contributed by atoms with Crippen molar-refractivity contribution in [1.29, 1.82) is 0 Å². The highest BCUT2D eigenvalue weighted by Crippen LogP contribution is 2.24. The van der Waals surface area contributed by atoms with Gasteiger partial charge in [0.1, 0.15) is 0 Å². The van der Waals surface area contributed by atoms with E-state index in [2.05, 4.69) is 46.8 Å². The molecule has 0 saturated carbocycles. The first-order valence-electron chi connectivity index (χ1n) is 7.65. The smallest absolute Gasteiger partial charge is 0.0933 e. The zero-order chi connectivity index (χ0) is 14.3. The second kappa shape index (κ2) is 7.25. The van der Waals surface area contributed by atoms with Crippen molar-refractivity contribution in [3.63, 3.8) is 0 Å². The summed E-state index contributed by atoms with van der Waals surface area (Å²) in [7, 11) is 0. The Balaban J connectivity index is 1.53. The number of benzene rings is 2. The molecular formula is C18H22N2O. The van der Waals surface area contributed by atoms with E-state index in [4.69, 9.17) is 4.84 Å². The summed E-state index contributed by atoms with van der Waals surface area (Å²) in [6.07, 6.45) is 2.60. The zero-order valence-electron chi connectivity index (χ0n) is 12.3. The zero-order valence-corrected chi connectivity index (χ0v) is 12.3. The molecule has 0 bridgehead atoms. The van der Waals surface area contributed by atoms with Crippen molar-refractivity contribution in [3.05, 3.63) is 65.7 Å². The van der Waals surface area contributed by atoms with Gasteiger partial charge in [-0.05, 0) is 30.0 Å². The topological polar surface area (TPSA) is 24.5 Å². The van der Waals surface area contributed by atoms with Gasteiger partial charge in [0.05, 0.1) is 6.61 Å². The van der Waals surface area contributed by atoms with Gasteiger partial charge >= 0.3 is 0 Å². The molecule has 0 aromatic heterocycles. The highest BCUT2D eigenvalue weighted by molar-refractivity contribution is 5.54. The first kappa shape index (κ1) is 14.1. The van der Waals surface area contributed by atoms with Gasteiger partial charge in [0.2, 0.25) is 0 Å². The molecule has 2 aromatic carbocycles. The molecule has 0 aliphatic carbocycles. The van der Waals surface area contributed by atoms with Crippen molar-refractivity contribution in [2.45, 2.75) is 26.0 Å². The van der Waals surface area contributed by atoms with Crippen LogP contribution in [0.5, 0.6) is 0 Å². The molecule has 1 aliphatic rings. The van der Waals surface area contributed by atoms with Crippen molar-refractivity contribution >= 4 is 5.69 Å². The van der Waals surface area contributed by atoms with Crippen LogP contribution in [0.2, 0.25) is 0 Å². The van der Waals surface area contributed by atoms with E-state index >= 15 is 0 Å². The van der Waals surface area contributed by atoms with Crippen molar-refractivity contribution < 1.29 is 4.84 Å². The predicted octanol–water partition coefficient (Wildman–Crippen LogP) is 3.51. The lowest BCUT2D eigenvalue weighted by Gasteiger charge is -2.21. The maximum atomic E-state index is 5.57. The molecular weight excluding hydrogens is 260 g/mol. The fourth-order valence-electron chi connectivity index (χ4n) is 2.76. The second-order valence-electron chi connectivity index (χ2n) is 5.42. The fraction of sp³-hybridized carbons (Fsp3) is 0.333. The van der Waals surface area contributed by atoms with Crippen molar-refractivity contribution in [2.24, 2.45) is 0 Å². The third-order valence-corrected chi connectivity index (χ3v) is 3.88. The largest absolute Gasteiger partial charge is 0.371 e. The first-order valence-corrected chi connectivity index (χ1v) is 7.65. The van der Waals surface area contributed by atoms with Gasteiger partial charge in [-0.2, -0.15) is 5.48 Å². The summed E-state index contributed by atoms with van der Waals surface area (Å²) in [5.41, 5.74) is 6.90. The maximum Gasteiger partial charge on any atom is 0.0933 e. The van der Waals surface area contributed by atoms with Crippen LogP contribution < -0.4 is 10.4 Å². The number of para-hydroxylation sites is 1. The SMILES string of the molecule is c1ccc(CONCc2ccccc2N2CCCC2)cc1. The fourth-order valence-corrected chi connectivity index (χ4v) is 2.76. The molecule has 3 heteroatoms. The maximum absolute atomic E-state index is 5.57. The summed E-state index contributed by atoms with van der Waals surface area (Å²) in [6, 6.07) is 18.8. The molecule has 3 nitrogen and oxygen atoms in total. The van der Waals surface area contributed by atoms with E-state index in [1.807, 2.05) is 18.2 Å². The molecule has 2 aromatic rings. The van der Waals surface area contributed by atoms with Crippen LogP contribution in [0.3, 0.4) is 0 Å². The van der Waals surface area contributed by atoms with Gasteiger partial charge in [-0.15, -0.1) is 0 Å². The van der Waals surface area contributed by atoms with Crippen LogP contribution in [0.4, 0.5) is 5.69 Å². The van der Waals surface area contributed by atoms with Gasteiger partial charge in [0.25, 0.3) is 0 Å². The molecule has 0 unspecified atom stereocenters. The number of hydroxylamine groups is 1. The van der Waals surface area contributed by atoms with Gasteiger partial charge in [-0.1, -0.05) is 48.5 Å². The van der Waals surface area contributed by atoms with Crippen LogP contribution >= 0.6 is 0 Å². The molecule has 0 spiro atoms. The van der Waals surface area contributed by atoms with E-state index < -0.39 is 0 Å². The molecule has 1 N–H and O–H groups in total. The average Bonchev–Trinajstić information content (AvgIpc) is 3.07. The first-order chi connectivity index (χ1) is 10.4. The van der Waals surface area contributed by atoms with E-state index in [0.29, 0.717) is 6.61 Å². The number of anilines is 1. The van der Waals surface area contributed by atoms with E-state index in [9.17, 15) is 0 Å². The molecule has 21 heavy (non-hydrogen) atoms. The molecule has 3 rings (SSSR count). The van der Waals surface area contributed by atoms with Gasteiger partial charge in [-0.25, -0.2) is 0 Å². The van der Waals surface area contributed by atoms with Gasteiger partial charge in [-0.3, -0.25) is 4.84 Å². The van der Waals surface area contributed by atoms with Gasteiger partial charge in [0, 0.05) is 25.3 Å². The van der Waals surface area contributed by atoms with Crippen LogP contribution in [0, 0.1) is 0 Å². The van der Waals surface area contributed by atoms with E-state index in [1.54, 1.807) is 0 Å². The Morgan fingerprint density at radius 2 is 1.62 bits per heavy atom. The molecule has 0 radical (unpaired) electrons. The second-order valence-corrected chi connectivity index (χ2v) is 5.42. The number of rotatable bonds is 6. The summed E-state index contributed by atoms with van der Waals surface area (Å²) < 4.78 is 0. The minimum atomic E-state index is 0.590. The number of nitrogens with zero attached hydrogens (tertiary/aromatic N) is 1. The van der Waals surface area contributed by atoms with Gasteiger partial charge in [0.15, 0.2) is 0 Å². The Hall–Kier alpha value is -1.84. The monoisotopic (exact) mass is 282 g/mol. The molecule has 1 heterocycles.